The van der Waals surface area contributed by atoms with Crippen LogP contribution in [0.1, 0.15) is 265 Å². The minimum atomic E-state index is -4.76. The third-order valence-corrected chi connectivity index (χ3v) is 13.6. The van der Waals surface area contributed by atoms with Gasteiger partial charge < -0.3 is 24.2 Å². The number of hydrogen-bond donors (Lipinski definition) is 2. The minimum absolute atomic E-state index is 0.145. The van der Waals surface area contributed by atoms with E-state index in [2.05, 4.69) is 93.7 Å². The third-order valence-electron chi connectivity index (χ3n) is 12.6. The predicted molar refractivity (Wildman–Crippen MR) is 307 cm³/mol. The lowest BCUT2D eigenvalue weighted by Crippen LogP contribution is -2.30. The van der Waals surface area contributed by atoms with Gasteiger partial charge in [0, 0.05) is 19.3 Å². The van der Waals surface area contributed by atoms with E-state index in [0.717, 1.165) is 122 Å². The monoisotopic (exact) mass is 1060 g/mol. The van der Waals surface area contributed by atoms with Crippen molar-refractivity contribution in [2.45, 2.75) is 277 Å². The second-order valence-corrected chi connectivity index (χ2v) is 21.2. The highest BCUT2D eigenvalue weighted by atomic mass is 31.2. The van der Waals surface area contributed by atoms with Crippen molar-refractivity contribution in [1.29, 1.82) is 0 Å². The summed E-state index contributed by atoms with van der Waals surface area (Å²) < 4.78 is 39.6. The van der Waals surface area contributed by atoms with Crippen molar-refractivity contribution in [1.82, 2.24) is 0 Å². The highest BCUT2D eigenvalue weighted by molar-refractivity contribution is 7.47. The second-order valence-electron chi connectivity index (χ2n) is 19.8. The first-order chi connectivity index (χ1) is 36.2. The van der Waals surface area contributed by atoms with E-state index in [-0.39, 0.29) is 25.9 Å². The van der Waals surface area contributed by atoms with Crippen LogP contribution in [0.15, 0.2) is 72.9 Å². The van der Waals surface area contributed by atoms with Crippen molar-refractivity contribution in [3.05, 3.63) is 72.9 Å². The Kier molecular flexibility index (Phi) is 53.8. The van der Waals surface area contributed by atoms with Gasteiger partial charge in [0.25, 0.3) is 0 Å². The number of aliphatic hydroxyl groups is 1. The van der Waals surface area contributed by atoms with E-state index >= 15 is 0 Å². The van der Waals surface area contributed by atoms with Gasteiger partial charge in [-0.05, 0) is 83.5 Å². The molecule has 0 radical (unpaired) electrons. The molecule has 0 bridgehead atoms. The van der Waals surface area contributed by atoms with Crippen LogP contribution in [0.3, 0.4) is 0 Å². The van der Waals surface area contributed by atoms with Crippen molar-refractivity contribution in [3.8, 4) is 0 Å². The largest absolute Gasteiger partial charge is 0.472 e. The number of phosphoric ester groups is 1. The zero-order valence-corrected chi connectivity index (χ0v) is 48.2. The van der Waals surface area contributed by atoms with Crippen molar-refractivity contribution in [2.24, 2.45) is 0 Å². The number of allylic oxidation sites excluding steroid dienone is 12. The molecule has 2 N–H and O–H groups in total. The number of hydrogen-bond acceptors (Lipinski definition) is 10. The van der Waals surface area contributed by atoms with E-state index in [4.69, 9.17) is 23.3 Å². The Morgan fingerprint density at radius 1 is 0.392 bits per heavy atom. The SMILES string of the molecule is CC/C=C\C/C=C\C/C=C\CCCCCCCCCC(=O)OCC(COP(=O)(O)OCC(CO)OC(=O)CCCCCCCCCCCCCCCCC)OC(=O)CCCCCCC/C=C\C/C=C\C/C=C\CC. The minimum Gasteiger partial charge on any atom is -0.462 e. The molecule has 74 heavy (non-hydrogen) atoms. The van der Waals surface area contributed by atoms with Gasteiger partial charge in [-0.2, -0.15) is 0 Å². The van der Waals surface area contributed by atoms with Gasteiger partial charge in [-0.1, -0.05) is 235 Å². The number of phosphoric acid groups is 1. The van der Waals surface area contributed by atoms with Gasteiger partial charge in [0.05, 0.1) is 19.8 Å². The third kappa shape index (κ3) is 53.7. The van der Waals surface area contributed by atoms with Crippen LogP contribution in [-0.4, -0.2) is 66.5 Å². The molecule has 0 spiro atoms. The second kappa shape index (κ2) is 56.1. The van der Waals surface area contributed by atoms with Gasteiger partial charge in [-0.3, -0.25) is 23.4 Å². The van der Waals surface area contributed by atoms with E-state index in [1.54, 1.807) is 0 Å². The van der Waals surface area contributed by atoms with Crippen molar-refractivity contribution >= 4 is 25.7 Å². The Morgan fingerprint density at radius 2 is 0.703 bits per heavy atom. The number of esters is 3. The van der Waals surface area contributed by atoms with Crippen LogP contribution in [0, 0.1) is 0 Å². The molecule has 11 nitrogen and oxygen atoms in total. The molecule has 0 heterocycles. The number of carbonyl (C=O) groups excluding carboxylic acids is 3. The normalized spacial score (nSPS) is 13.9. The van der Waals surface area contributed by atoms with Gasteiger partial charge in [0.2, 0.25) is 0 Å². The lowest BCUT2D eigenvalue weighted by molar-refractivity contribution is -0.161. The molecule has 428 valence electrons. The summed E-state index contributed by atoms with van der Waals surface area (Å²) in [4.78, 5) is 48.6. The van der Waals surface area contributed by atoms with E-state index in [9.17, 15) is 28.9 Å². The van der Waals surface area contributed by atoms with Gasteiger partial charge in [-0.15, -0.1) is 0 Å². The average Bonchev–Trinajstić information content (AvgIpc) is 3.39. The quantitative estimate of drug-likeness (QED) is 0.0197. The van der Waals surface area contributed by atoms with Crippen LogP contribution in [0.4, 0.5) is 0 Å². The molecule has 0 aliphatic heterocycles. The highest BCUT2D eigenvalue weighted by Gasteiger charge is 2.28. The molecule has 0 rings (SSSR count). The average molecular weight is 1060 g/mol. The molecule has 0 aliphatic rings. The van der Waals surface area contributed by atoms with Gasteiger partial charge in [0.1, 0.15) is 12.7 Å². The molecule has 0 aromatic heterocycles. The standard InChI is InChI=1S/C62H109O11P/c1-4-7-10-13-16-19-22-25-28-29-32-33-36-39-42-45-48-51-60(64)69-55-59(73-62(66)53-50-47-44-41-38-35-31-27-24-21-18-15-12-9-6-3)57-71-74(67,68)70-56-58(54-63)72-61(65)52-49-46-43-40-37-34-30-26-23-20-17-14-11-8-5-2/h7,9-10,12,16,18-19,21,25,27-28,31,58-59,63H,4-6,8,11,13-15,17,20,22-24,26,29-30,32-57H2,1-3H3,(H,67,68)/b10-7-,12-9-,19-16-,21-18-,28-25-,31-27-. The number of ether oxygens (including phenoxy) is 3. The molecule has 3 unspecified atom stereocenters. The smallest absolute Gasteiger partial charge is 0.462 e. The number of unbranched alkanes of at least 4 members (excludes halogenated alkanes) is 26. The molecule has 0 saturated carbocycles. The van der Waals surface area contributed by atoms with E-state index in [0.29, 0.717) is 19.3 Å². The summed E-state index contributed by atoms with van der Waals surface area (Å²) in [5, 5.41) is 9.83. The van der Waals surface area contributed by atoms with Crippen molar-refractivity contribution in [3.63, 3.8) is 0 Å². The summed E-state index contributed by atoms with van der Waals surface area (Å²) in [6.45, 7) is 4.42. The summed E-state index contributed by atoms with van der Waals surface area (Å²) in [5.74, 6) is -1.49. The Labute approximate surface area is 452 Å². The molecule has 0 aliphatic carbocycles. The van der Waals surface area contributed by atoms with E-state index in [1.165, 1.54) is 83.5 Å². The first-order valence-corrected chi connectivity index (χ1v) is 31.3. The maximum Gasteiger partial charge on any atom is 0.472 e. The molecule has 12 heteroatoms. The zero-order valence-electron chi connectivity index (χ0n) is 47.3. The zero-order chi connectivity index (χ0) is 54.1. The number of rotatable bonds is 55. The Balaban J connectivity index is 4.73. The lowest BCUT2D eigenvalue weighted by atomic mass is 10.0. The van der Waals surface area contributed by atoms with Crippen LogP contribution in [0.2, 0.25) is 0 Å². The Bertz CT molecular complexity index is 1520. The maximum absolute atomic E-state index is 12.9. The summed E-state index contributed by atoms with van der Waals surface area (Å²) in [6, 6.07) is 0. The molecule has 3 atom stereocenters. The first-order valence-electron chi connectivity index (χ1n) is 29.8. The van der Waals surface area contributed by atoms with Gasteiger partial charge in [-0.25, -0.2) is 4.57 Å². The molecular formula is C62H109O11P. The van der Waals surface area contributed by atoms with E-state index in [1.807, 2.05) is 0 Å². The predicted octanol–water partition coefficient (Wildman–Crippen LogP) is 17.7. The van der Waals surface area contributed by atoms with Crippen LogP contribution in [0.25, 0.3) is 0 Å². The Hall–Kier alpha value is -3.08. The topological polar surface area (TPSA) is 155 Å². The van der Waals surface area contributed by atoms with Crippen molar-refractivity contribution < 1.29 is 52.2 Å². The molecule has 0 saturated heterocycles. The van der Waals surface area contributed by atoms with Crippen LogP contribution >= 0.6 is 7.82 Å². The molecule has 0 aromatic carbocycles. The molecule has 0 amide bonds. The number of aliphatic hydroxyl groups excluding tert-OH is 1. The fraction of sp³-hybridized carbons (Fsp3) is 0.758. The summed E-state index contributed by atoms with van der Waals surface area (Å²) in [5.41, 5.74) is 0. The van der Waals surface area contributed by atoms with Crippen LogP contribution in [0.5, 0.6) is 0 Å². The highest BCUT2D eigenvalue weighted by Crippen LogP contribution is 2.43. The van der Waals surface area contributed by atoms with Crippen molar-refractivity contribution in [2.75, 3.05) is 26.4 Å². The fourth-order valence-electron chi connectivity index (χ4n) is 8.15. The first kappa shape index (κ1) is 70.9. The lowest BCUT2D eigenvalue weighted by Gasteiger charge is -2.21. The van der Waals surface area contributed by atoms with Gasteiger partial charge in [0.15, 0.2) is 6.10 Å². The van der Waals surface area contributed by atoms with Crippen LogP contribution in [-0.2, 0) is 42.2 Å². The summed E-state index contributed by atoms with van der Waals surface area (Å²) in [7, 11) is -4.76. The Morgan fingerprint density at radius 3 is 1.08 bits per heavy atom. The summed E-state index contributed by atoms with van der Waals surface area (Å²) >= 11 is 0. The fourth-order valence-corrected chi connectivity index (χ4v) is 8.93. The van der Waals surface area contributed by atoms with E-state index < -0.39 is 57.8 Å². The van der Waals surface area contributed by atoms with Crippen LogP contribution < -0.4 is 0 Å². The molecule has 0 fully saturated rings. The molecular weight excluding hydrogens is 952 g/mol. The molecule has 0 aromatic rings. The van der Waals surface area contributed by atoms with Gasteiger partial charge >= 0.3 is 25.7 Å². The maximum atomic E-state index is 12.9. The number of carbonyl (C=O) groups is 3. The summed E-state index contributed by atoms with van der Waals surface area (Å²) in [6.07, 6.45) is 62.8.